The normalized spacial score (nSPS) is 15.1. The Kier molecular flexibility index (Phi) is 11.3. The van der Waals surface area contributed by atoms with Crippen molar-refractivity contribution in [1.29, 1.82) is 0 Å². The van der Waals surface area contributed by atoms with E-state index < -0.39 is 0 Å². The molecule has 1 aromatic rings. The number of hydrogen-bond acceptors (Lipinski definition) is 3. The molecule has 1 aliphatic heterocycles. The molecule has 3 N–H and O–H groups in total. The van der Waals surface area contributed by atoms with Crippen molar-refractivity contribution in [2.75, 3.05) is 38.0 Å². The van der Waals surface area contributed by atoms with Crippen molar-refractivity contribution in [3.05, 3.63) is 29.8 Å². The highest BCUT2D eigenvalue weighted by Crippen LogP contribution is 2.11. The van der Waals surface area contributed by atoms with Crippen LogP contribution in [0, 0.1) is 0 Å². The van der Waals surface area contributed by atoms with E-state index >= 15 is 0 Å². The standard InChI is InChI=1S/C19H31N5O.HI/c1-3-20-19(21-10-13-24-11-5-4-6-12-24)22-15-17-8-7-9-18(14-17)23-16(2)25;/h7-9,14H,3-6,10-13,15H2,1-2H3,(H,23,25)(H2,20,21,22);1H. The number of halogens is 1. The lowest BCUT2D eigenvalue weighted by atomic mass is 10.1. The first kappa shape index (κ1) is 22.7. The van der Waals surface area contributed by atoms with Crippen LogP contribution in [0.1, 0.15) is 38.7 Å². The minimum absolute atomic E-state index is 0. The Morgan fingerprint density at radius 2 is 1.96 bits per heavy atom. The number of benzene rings is 1. The summed E-state index contributed by atoms with van der Waals surface area (Å²) in [6.45, 7) is 9.38. The quantitative estimate of drug-likeness (QED) is 0.324. The van der Waals surface area contributed by atoms with E-state index in [0.29, 0.717) is 6.54 Å². The molecule has 1 aliphatic rings. The van der Waals surface area contributed by atoms with Gasteiger partial charge in [0.15, 0.2) is 5.96 Å². The van der Waals surface area contributed by atoms with E-state index in [-0.39, 0.29) is 29.9 Å². The number of nitrogens with zero attached hydrogens (tertiary/aromatic N) is 2. The average Bonchev–Trinajstić information content (AvgIpc) is 2.60. The number of aliphatic imine (C=N–C) groups is 1. The summed E-state index contributed by atoms with van der Waals surface area (Å²) >= 11 is 0. The first-order chi connectivity index (χ1) is 12.2. The van der Waals surface area contributed by atoms with Crippen LogP contribution in [-0.2, 0) is 11.3 Å². The fourth-order valence-electron chi connectivity index (χ4n) is 2.98. The molecule has 0 atom stereocenters. The Balaban J connectivity index is 0.00000338. The highest BCUT2D eigenvalue weighted by molar-refractivity contribution is 14.0. The molecule has 2 rings (SSSR count). The Morgan fingerprint density at radius 3 is 2.65 bits per heavy atom. The number of guanidine groups is 1. The maximum atomic E-state index is 11.2. The van der Waals surface area contributed by atoms with E-state index in [1.807, 2.05) is 24.3 Å². The number of amides is 1. The van der Waals surface area contributed by atoms with Crippen LogP contribution in [0.2, 0.25) is 0 Å². The molecule has 1 saturated heterocycles. The Bertz CT molecular complexity index is 573. The van der Waals surface area contributed by atoms with Crippen LogP contribution < -0.4 is 16.0 Å². The molecule has 146 valence electrons. The van der Waals surface area contributed by atoms with Crippen molar-refractivity contribution in [2.45, 2.75) is 39.7 Å². The molecular formula is C19H32IN5O. The van der Waals surface area contributed by atoms with Crippen molar-refractivity contribution in [3.8, 4) is 0 Å². The van der Waals surface area contributed by atoms with E-state index in [0.717, 1.165) is 36.8 Å². The molecular weight excluding hydrogens is 441 g/mol. The molecule has 7 heteroatoms. The Hall–Kier alpha value is -1.35. The molecule has 26 heavy (non-hydrogen) atoms. The van der Waals surface area contributed by atoms with Crippen molar-refractivity contribution in [3.63, 3.8) is 0 Å². The predicted molar refractivity (Wildman–Crippen MR) is 119 cm³/mol. The number of carbonyl (C=O) groups excluding carboxylic acids is 1. The summed E-state index contributed by atoms with van der Waals surface area (Å²) in [5.41, 5.74) is 1.88. The van der Waals surface area contributed by atoms with E-state index in [2.05, 4.69) is 32.8 Å². The van der Waals surface area contributed by atoms with Gasteiger partial charge in [-0.05, 0) is 50.6 Å². The molecule has 6 nitrogen and oxygen atoms in total. The molecule has 1 aromatic carbocycles. The second-order valence-electron chi connectivity index (χ2n) is 6.41. The molecule has 1 fully saturated rings. The van der Waals surface area contributed by atoms with E-state index in [1.54, 1.807) is 0 Å². The minimum Gasteiger partial charge on any atom is -0.357 e. The number of piperidine rings is 1. The lowest BCUT2D eigenvalue weighted by molar-refractivity contribution is -0.114. The number of nitrogens with one attached hydrogen (secondary N) is 3. The summed E-state index contributed by atoms with van der Waals surface area (Å²) in [5, 5.41) is 9.51. The molecule has 0 aliphatic carbocycles. The molecule has 0 radical (unpaired) electrons. The lowest BCUT2D eigenvalue weighted by Gasteiger charge is -2.26. The Morgan fingerprint density at radius 1 is 1.19 bits per heavy atom. The number of rotatable bonds is 7. The van der Waals surface area contributed by atoms with Gasteiger partial charge in [0, 0.05) is 32.2 Å². The molecule has 0 aromatic heterocycles. The van der Waals surface area contributed by atoms with Gasteiger partial charge in [-0.3, -0.25) is 4.79 Å². The van der Waals surface area contributed by atoms with Crippen LogP contribution in [0.15, 0.2) is 29.3 Å². The van der Waals surface area contributed by atoms with Crippen molar-refractivity contribution in [2.24, 2.45) is 4.99 Å². The zero-order chi connectivity index (χ0) is 17.9. The van der Waals surface area contributed by atoms with Gasteiger partial charge < -0.3 is 20.9 Å². The Labute approximate surface area is 174 Å². The molecule has 0 saturated carbocycles. The van der Waals surface area contributed by atoms with Gasteiger partial charge in [0.2, 0.25) is 5.91 Å². The van der Waals surface area contributed by atoms with Crippen LogP contribution in [0.5, 0.6) is 0 Å². The number of hydrogen-bond donors (Lipinski definition) is 3. The van der Waals surface area contributed by atoms with Gasteiger partial charge >= 0.3 is 0 Å². The summed E-state index contributed by atoms with van der Waals surface area (Å²) in [7, 11) is 0. The monoisotopic (exact) mass is 473 g/mol. The third kappa shape index (κ3) is 8.84. The highest BCUT2D eigenvalue weighted by atomic mass is 127. The first-order valence-corrected chi connectivity index (χ1v) is 9.28. The predicted octanol–water partition coefficient (Wildman–Crippen LogP) is 2.80. The second kappa shape index (κ2) is 12.9. The maximum Gasteiger partial charge on any atom is 0.221 e. The topological polar surface area (TPSA) is 68.8 Å². The molecule has 1 heterocycles. The van der Waals surface area contributed by atoms with Crippen LogP contribution in [0.4, 0.5) is 5.69 Å². The zero-order valence-electron chi connectivity index (χ0n) is 15.9. The summed E-state index contributed by atoms with van der Waals surface area (Å²) in [4.78, 5) is 18.3. The van der Waals surface area contributed by atoms with Gasteiger partial charge in [-0.25, -0.2) is 4.99 Å². The molecule has 0 spiro atoms. The maximum absolute atomic E-state index is 11.2. The minimum atomic E-state index is -0.0617. The van der Waals surface area contributed by atoms with Crippen molar-refractivity contribution in [1.82, 2.24) is 15.5 Å². The van der Waals surface area contributed by atoms with Crippen LogP contribution in [0.3, 0.4) is 0 Å². The second-order valence-corrected chi connectivity index (χ2v) is 6.41. The van der Waals surface area contributed by atoms with E-state index in [9.17, 15) is 4.79 Å². The van der Waals surface area contributed by atoms with Gasteiger partial charge in [0.25, 0.3) is 0 Å². The van der Waals surface area contributed by atoms with Crippen molar-refractivity contribution >= 4 is 41.5 Å². The highest BCUT2D eigenvalue weighted by Gasteiger charge is 2.09. The summed E-state index contributed by atoms with van der Waals surface area (Å²) in [5.74, 6) is 0.776. The van der Waals surface area contributed by atoms with Crippen LogP contribution in [0.25, 0.3) is 0 Å². The lowest BCUT2D eigenvalue weighted by Crippen LogP contribution is -2.42. The molecule has 1 amide bonds. The third-order valence-corrected chi connectivity index (χ3v) is 4.18. The summed E-state index contributed by atoms with van der Waals surface area (Å²) in [6, 6.07) is 7.80. The van der Waals surface area contributed by atoms with Gasteiger partial charge in [-0.1, -0.05) is 18.6 Å². The largest absolute Gasteiger partial charge is 0.357 e. The van der Waals surface area contributed by atoms with Crippen molar-refractivity contribution < 1.29 is 4.79 Å². The van der Waals surface area contributed by atoms with Gasteiger partial charge in [-0.2, -0.15) is 0 Å². The van der Waals surface area contributed by atoms with Crippen LogP contribution >= 0.6 is 24.0 Å². The smallest absolute Gasteiger partial charge is 0.221 e. The number of anilines is 1. The first-order valence-electron chi connectivity index (χ1n) is 9.28. The number of likely N-dealkylation sites (tertiary alicyclic amines) is 1. The van der Waals surface area contributed by atoms with Crippen LogP contribution in [-0.4, -0.2) is 49.5 Å². The third-order valence-electron chi connectivity index (χ3n) is 4.18. The van der Waals surface area contributed by atoms with E-state index in [4.69, 9.17) is 0 Å². The summed E-state index contributed by atoms with van der Waals surface area (Å²) in [6.07, 6.45) is 4.00. The average molecular weight is 473 g/mol. The number of carbonyl (C=O) groups is 1. The van der Waals surface area contributed by atoms with Gasteiger partial charge in [0.05, 0.1) is 6.54 Å². The zero-order valence-corrected chi connectivity index (χ0v) is 18.2. The van der Waals surface area contributed by atoms with Gasteiger partial charge in [0.1, 0.15) is 0 Å². The fourth-order valence-corrected chi connectivity index (χ4v) is 2.98. The summed E-state index contributed by atoms with van der Waals surface area (Å²) < 4.78 is 0. The SMILES string of the molecule is CCNC(=NCc1cccc(NC(C)=O)c1)NCCN1CCCCC1.I. The molecule has 0 unspecified atom stereocenters. The fraction of sp³-hybridized carbons (Fsp3) is 0.579. The van der Waals surface area contributed by atoms with Gasteiger partial charge in [-0.15, -0.1) is 24.0 Å². The van der Waals surface area contributed by atoms with E-state index in [1.165, 1.54) is 39.3 Å². The molecule has 0 bridgehead atoms.